The van der Waals surface area contributed by atoms with Gasteiger partial charge in [-0.2, -0.15) is 9.50 Å². The first kappa shape index (κ1) is 21.2. The number of amides is 1. The highest BCUT2D eigenvalue weighted by molar-refractivity contribution is 6.34. The maximum absolute atomic E-state index is 12.9. The van der Waals surface area contributed by atoms with Gasteiger partial charge < -0.3 is 14.8 Å². The second-order valence-electron chi connectivity index (χ2n) is 8.07. The van der Waals surface area contributed by atoms with E-state index >= 15 is 0 Å². The molecule has 3 heterocycles. The van der Waals surface area contributed by atoms with Gasteiger partial charge in [0.25, 0.3) is 17.2 Å². The van der Waals surface area contributed by atoms with Crippen molar-refractivity contribution in [1.82, 2.24) is 24.9 Å². The molecule has 2 aromatic heterocycles. The molecule has 10 heteroatoms. The second-order valence-corrected chi connectivity index (χ2v) is 8.48. The minimum Gasteiger partial charge on any atom is -0.486 e. The molecule has 1 saturated heterocycles. The molecule has 0 aliphatic carbocycles. The summed E-state index contributed by atoms with van der Waals surface area (Å²) < 4.78 is 12.3. The number of hydrogen-bond donors (Lipinski definition) is 2. The average Bonchev–Trinajstić information content (AvgIpc) is 3.22. The first-order valence-electron chi connectivity index (χ1n) is 10.3. The summed E-state index contributed by atoms with van der Waals surface area (Å²) in [5, 5.41) is 6.14. The second kappa shape index (κ2) is 8.34. The van der Waals surface area contributed by atoms with E-state index in [1.54, 1.807) is 18.2 Å². The van der Waals surface area contributed by atoms with Crippen LogP contribution < -0.4 is 15.6 Å². The van der Waals surface area contributed by atoms with E-state index in [1.807, 2.05) is 37.3 Å². The fourth-order valence-corrected chi connectivity index (χ4v) is 3.79. The first-order chi connectivity index (χ1) is 15.9. The minimum absolute atomic E-state index is 0.0414. The summed E-state index contributed by atoms with van der Waals surface area (Å²) in [6.45, 7) is 2.72. The zero-order valence-corrected chi connectivity index (χ0v) is 18.4. The van der Waals surface area contributed by atoms with Gasteiger partial charge in [-0.1, -0.05) is 48.0 Å². The van der Waals surface area contributed by atoms with Gasteiger partial charge in [0.1, 0.15) is 12.4 Å². The molecule has 1 amide bonds. The number of carbonyl (C=O) groups excluding carboxylic acids is 1. The Bertz CT molecular complexity index is 1400. The number of aromatic amines is 1. The van der Waals surface area contributed by atoms with Crippen LogP contribution in [0.2, 0.25) is 5.02 Å². The van der Waals surface area contributed by atoms with Crippen LogP contribution in [0.15, 0.2) is 59.4 Å². The molecule has 168 valence electrons. The number of nitrogens with zero attached hydrogens (tertiary/aromatic N) is 3. The number of fused-ring (bicyclic) bond motifs is 1. The SMILES string of the molecule is CC1(NC(=O)c2c(Cl)cccc2OCc2cc(=O)n3[nH]c(-c4ccccc4)nc3n2)COC1. The van der Waals surface area contributed by atoms with Crippen LogP contribution in [0.25, 0.3) is 17.2 Å². The zero-order chi connectivity index (χ0) is 23.0. The topological polar surface area (TPSA) is 111 Å². The van der Waals surface area contributed by atoms with Crippen molar-refractivity contribution in [1.29, 1.82) is 0 Å². The smallest absolute Gasteiger partial charge is 0.274 e. The van der Waals surface area contributed by atoms with Crippen molar-refractivity contribution in [3.05, 3.63) is 81.2 Å². The van der Waals surface area contributed by atoms with E-state index in [4.69, 9.17) is 21.1 Å². The molecule has 33 heavy (non-hydrogen) atoms. The van der Waals surface area contributed by atoms with Gasteiger partial charge in [0.05, 0.1) is 35.0 Å². The molecule has 0 spiro atoms. The van der Waals surface area contributed by atoms with Crippen LogP contribution in [0.3, 0.4) is 0 Å². The number of H-pyrrole nitrogens is 1. The summed E-state index contributed by atoms with van der Waals surface area (Å²) in [6.07, 6.45) is 0. The molecule has 0 radical (unpaired) electrons. The van der Waals surface area contributed by atoms with Gasteiger partial charge in [0.2, 0.25) is 0 Å². The average molecular weight is 466 g/mol. The fourth-order valence-electron chi connectivity index (χ4n) is 3.54. The lowest BCUT2D eigenvalue weighted by molar-refractivity contribution is -0.0594. The van der Waals surface area contributed by atoms with Gasteiger partial charge in [-0.25, -0.2) is 4.98 Å². The van der Waals surface area contributed by atoms with Crippen molar-refractivity contribution in [2.45, 2.75) is 19.1 Å². The van der Waals surface area contributed by atoms with Crippen molar-refractivity contribution in [2.75, 3.05) is 13.2 Å². The largest absolute Gasteiger partial charge is 0.486 e. The van der Waals surface area contributed by atoms with E-state index in [9.17, 15) is 9.59 Å². The van der Waals surface area contributed by atoms with E-state index in [0.29, 0.717) is 24.7 Å². The van der Waals surface area contributed by atoms with Crippen LogP contribution in [0, 0.1) is 0 Å². The molecule has 1 aliphatic rings. The van der Waals surface area contributed by atoms with Crippen LogP contribution in [0.5, 0.6) is 5.75 Å². The first-order valence-corrected chi connectivity index (χ1v) is 10.7. The Hall–Kier alpha value is -3.69. The monoisotopic (exact) mass is 465 g/mol. The van der Waals surface area contributed by atoms with Crippen LogP contribution in [-0.2, 0) is 11.3 Å². The Kier molecular flexibility index (Phi) is 5.35. The van der Waals surface area contributed by atoms with Gasteiger partial charge in [-0.15, -0.1) is 0 Å². The number of hydrogen-bond acceptors (Lipinski definition) is 6. The molecule has 5 rings (SSSR count). The van der Waals surface area contributed by atoms with E-state index < -0.39 is 5.54 Å². The van der Waals surface area contributed by atoms with E-state index in [-0.39, 0.29) is 40.2 Å². The Morgan fingerprint density at radius 2 is 2.00 bits per heavy atom. The number of halogens is 1. The predicted octanol–water partition coefficient (Wildman–Crippen LogP) is 2.84. The molecule has 1 aliphatic heterocycles. The third-order valence-electron chi connectivity index (χ3n) is 5.27. The fraction of sp³-hybridized carbons (Fsp3) is 0.217. The Morgan fingerprint density at radius 3 is 2.73 bits per heavy atom. The highest BCUT2D eigenvalue weighted by Crippen LogP contribution is 2.28. The molecule has 1 fully saturated rings. The molecule has 2 aromatic carbocycles. The van der Waals surface area contributed by atoms with E-state index in [2.05, 4.69) is 20.4 Å². The lowest BCUT2D eigenvalue weighted by Crippen LogP contribution is -2.59. The molecule has 4 aromatic rings. The maximum atomic E-state index is 12.9. The van der Waals surface area contributed by atoms with Gasteiger partial charge in [0.15, 0.2) is 5.82 Å². The minimum atomic E-state index is -0.439. The lowest BCUT2D eigenvalue weighted by atomic mass is 10.00. The Balaban J connectivity index is 1.39. The zero-order valence-electron chi connectivity index (χ0n) is 17.7. The van der Waals surface area contributed by atoms with Crippen LogP contribution in [0.1, 0.15) is 23.0 Å². The highest BCUT2D eigenvalue weighted by Gasteiger charge is 2.36. The number of ether oxygens (including phenoxy) is 2. The van der Waals surface area contributed by atoms with E-state index in [0.717, 1.165) is 5.56 Å². The third kappa shape index (κ3) is 4.20. The lowest BCUT2D eigenvalue weighted by Gasteiger charge is -2.38. The number of benzene rings is 2. The molecule has 0 unspecified atom stereocenters. The molecular formula is C23H20ClN5O4. The van der Waals surface area contributed by atoms with Crippen molar-refractivity contribution in [3.8, 4) is 17.1 Å². The Labute approximate surface area is 193 Å². The van der Waals surface area contributed by atoms with Crippen molar-refractivity contribution in [3.63, 3.8) is 0 Å². The molecule has 2 N–H and O–H groups in total. The summed E-state index contributed by atoms with van der Waals surface area (Å²) in [5.41, 5.74) is 0.661. The number of rotatable bonds is 6. The quantitative estimate of drug-likeness (QED) is 0.453. The van der Waals surface area contributed by atoms with Gasteiger partial charge in [-0.05, 0) is 19.1 Å². The number of nitrogens with one attached hydrogen (secondary N) is 2. The van der Waals surface area contributed by atoms with Crippen LogP contribution in [-0.4, -0.2) is 44.2 Å². The molecule has 0 bridgehead atoms. The number of carbonyl (C=O) groups is 1. The summed E-state index contributed by atoms with van der Waals surface area (Å²) in [4.78, 5) is 34.3. The standard InChI is InChI=1S/C23H20ClN5O4/c1-23(12-32-13-23)27-21(31)19-16(24)8-5-9-17(19)33-11-15-10-18(30)29-22(25-15)26-20(28-29)14-6-3-2-4-7-14/h2-10H,11-13H2,1H3,(H,27,31)(H,25,26,28). The molecule has 0 atom stereocenters. The van der Waals surface area contributed by atoms with Gasteiger partial charge in [-0.3, -0.25) is 14.7 Å². The van der Waals surface area contributed by atoms with Crippen molar-refractivity contribution < 1.29 is 14.3 Å². The van der Waals surface area contributed by atoms with Gasteiger partial charge >= 0.3 is 0 Å². The van der Waals surface area contributed by atoms with Gasteiger partial charge in [0, 0.05) is 11.6 Å². The van der Waals surface area contributed by atoms with Crippen molar-refractivity contribution >= 4 is 23.3 Å². The molecule has 0 saturated carbocycles. The van der Waals surface area contributed by atoms with Crippen molar-refractivity contribution in [2.24, 2.45) is 0 Å². The van der Waals surface area contributed by atoms with Crippen LogP contribution in [0.4, 0.5) is 0 Å². The molecule has 9 nitrogen and oxygen atoms in total. The molecular weight excluding hydrogens is 446 g/mol. The summed E-state index contributed by atoms with van der Waals surface area (Å²) in [5.74, 6) is 0.685. The maximum Gasteiger partial charge on any atom is 0.274 e. The third-order valence-corrected chi connectivity index (χ3v) is 5.58. The summed E-state index contributed by atoms with van der Waals surface area (Å²) in [6, 6.07) is 15.7. The van der Waals surface area contributed by atoms with Crippen LogP contribution >= 0.6 is 11.6 Å². The Morgan fingerprint density at radius 1 is 1.21 bits per heavy atom. The summed E-state index contributed by atoms with van der Waals surface area (Å²) >= 11 is 6.31. The van der Waals surface area contributed by atoms with E-state index in [1.165, 1.54) is 10.6 Å². The number of aromatic nitrogens is 4. The normalized spacial score (nSPS) is 14.6. The predicted molar refractivity (Wildman–Crippen MR) is 122 cm³/mol. The highest BCUT2D eigenvalue weighted by atomic mass is 35.5. The summed E-state index contributed by atoms with van der Waals surface area (Å²) in [7, 11) is 0.